The predicted octanol–water partition coefficient (Wildman–Crippen LogP) is 1.50. The van der Waals surface area contributed by atoms with Crippen molar-refractivity contribution < 1.29 is 10.2 Å². The SMILES string of the molecule is CNCCC(O)C(O)c1cc(Cl)ncc1Br. The molecule has 2 unspecified atom stereocenters. The van der Waals surface area contributed by atoms with Crippen molar-refractivity contribution >= 4 is 27.5 Å². The van der Waals surface area contributed by atoms with Crippen LogP contribution in [0.5, 0.6) is 0 Å². The second kappa shape index (κ2) is 6.51. The highest BCUT2D eigenvalue weighted by molar-refractivity contribution is 9.10. The minimum atomic E-state index is -0.969. The van der Waals surface area contributed by atoms with Crippen molar-refractivity contribution in [1.29, 1.82) is 0 Å². The fraction of sp³-hybridized carbons (Fsp3) is 0.500. The zero-order valence-electron chi connectivity index (χ0n) is 8.82. The molecule has 0 amide bonds. The summed E-state index contributed by atoms with van der Waals surface area (Å²) in [6, 6.07) is 1.54. The number of pyridine rings is 1. The highest BCUT2D eigenvalue weighted by Gasteiger charge is 2.20. The molecule has 3 N–H and O–H groups in total. The van der Waals surface area contributed by atoms with Crippen molar-refractivity contribution in [2.75, 3.05) is 13.6 Å². The second-order valence-electron chi connectivity index (χ2n) is 3.43. The van der Waals surface area contributed by atoms with Gasteiger partial charge in [0.25, 0.3) is 0 Å². The first-order chi connectivity index (χ1) is 7.56. The van der Waals surface area contributed by atoms with E-state index in [0.717, 1.165) is 0 Å². The lowest BCUT2D eigenvalue weighted by atomic mass is 10.0. The molecule has 90 valence electrons. The lowest BCUT2D eigenvalue weighted by Crippen LogP contribution is -2.23. The Morgan fingerprint density at radius 3 is 2.88 bits per heavy atom. The number of hydrogen-bond donors (Lipinski definition) is 3. The van der Waals surface area contributed by atoms with E-state index in [-0.39, 0.29) is 5.15 Å². The number of aliphatic hydroxyl groups excluding tert-OH is 2. The molecule has 16 heavy (non-hydrogen) atoms. The zero-order valence-corrected chi connectivity index (χ0v) is 11.2. The molecule has 6 heteroatoms. The van der Waals surface area contributed by atoms with Crippen LogP contribution in [0.3, 0.4) is 0 Å². The van der Waals surface area contributed by atoms with Crippen molar-refractivity contribution in [2.24, 2.45) is 0 Å². The van der Waals surface area contributed by atoms with E-state index >= 15 is 0 Å². The highest BCUT2D eigenvalue weighted by Crippen LogP contribution is 2.27. The van der Waals surface area contributed by atoms with Crippen LogP contribution in [0, 0.1) is 0 Å². The van der Waals surface area contributed by atoms with Crippen molar-refractivity contribution in [3.05, 3.63) is 27.5 Å². The van der Waals surface area contributed by atoms with Crippen LogP contribution in [0.15, 0.2) is 16.7 Å². The van der Waals surface area contributed by atoms with Crippen LogP contribution in [0.25, 0.3) is 0 Å². The predicted molar refractivity (Wildman–Crippen MR) is 66.5 cm³/mol. The Bertz CT molecular complexity index is 352. The average Bonchev–Trinajstić information content (AvgIpc) is 2.28. The van der Waals surface area contributed by atoms with Crippen LogP contribution in [-0.2, 0) is 0 Å². The van der Waals surface area contributed by atoms with Gasteiger partial charge in [0.15, 0.2) is 0 Å². The fourth-order valence-corrected chi connectivity index (χ4v) is 1.93. The van der Waals surface area contributed by atoms with Crippen molar-refractivity contribution in [3.8, 4) is 0 Å². The van der Waals surface area contributed by atoms with Crippen molar-refractivity contribution in [3.63, 3.8) is 0 Å². The Kier molecular flexibility index (Phi) is 5.64. The van der Waals surface area contributed by atoms with Crippen LogP contribution < -0.4 is 5.32 Å². The lowest BCUT2D eigenvalue weighted by Gasteiger charge is -2.19. The van der Waals surface area contributed by atoms with E-state index in [0.29, 0.717) is 23.0 Å². The molecule has 0 aliphatic heterocycles. The van der Waals surface area contributed by atoms with Gasteiger partial charge in [0.2, 0.25) is 0 Å². The Balaban J connectivity index is 2.78. The van der Waals surface area contributed by atoms with Gasteiger partial charge in [-0.05, 0) is 42.0 Å². The maximum Gasteiger partial charge on any atom is 0.129 e. The summed E-state index contributed by atoms with van der Waals surface area (Å²) in [5, 5.41) is 22.9. The lowest BCUT2D eigenvalue weighted by molar-refractivity contribution is 0.0136. The van der Waals surface area contributed by atoms with Crippen LogP contribution in [0.1, 0.15) is 18.1 Å². The van der Waals surface area contributed by atoms with Crippen molar-refractivity contribution in [2.45, 2.75) is 18.6 Å². The van der Waals surface area contributed by atoms with E-state index in [1.54, 1.807) is 13.1 Å². The van der Waals surface area contributed by atoms with Gasteiger partial charge in [-0.15, -0.1) is 0 Å². The molecular weight excluding hydrogens is 295 g/mol. The molecular formula is C10H14BrClN2O2. The topological polar surface area (TPSA) is 65.4 Å². The Labute approximate surface area is 108 Å². The summed E-state index contributed by atoms with van der Waals surface area (Å²) in [6.07, 6.45) is 0.167. The number of aromatic nitrogens is 1. The summed E-state index contributed by atoms with van der Waals surface area (Å²) in [5.74, 6) is 0. The third-order valence-corrected chi connectivity index (χ3v) is 3.09. The number of rotatable bonds is 5. The Morgan fingerprint density at radius 2 is 2.25 bits per heavy atom. The van der Waals surface area contributed by atoms with Gasteiger partial charge >= 0.3 is 0 Å². The Morgan fingerprint density at radius 1 is 1.56 bits per heavy atom. The van der Waals surface area contributed by atoms with E-state index in [4.69, 9.17) is 11.6 Å². The maximum absolute atomic E-state index is 9.93. The number of nitrogens with one attached hydrogen (secondary N) is 1. The van der Waals surface area contributed by atoms with Gasteiger partial charge in [-0.25, -0.2) is 4.98 Å². The van der Waals surface area contributed by atoms with Gasteiger partial charge in [-0.3, -0.25) is 0 Å². The maximum atomic E-state index is 9.93. The smallest absolute Gasteiger partial charge is 0.129 e. The summed E-state index contributed by atoms with van der Waals surface area (Å²) in [4.78, 5) is 3.86. The molecule has 1 rings (SSSR count). The van der Waals surface area contributed by atoms with Crippen LogP contribution in [-0.4, -0.2) is 34.9 Å². The van der Waals surface area contributed by atoms with Crippen LogP contribution in [0.2, 0.25) is 5.15 Å². The van der Waals surface area contributed by atoms with E-state index in [9.17, 15) is 10.2 Å². The van der Waals surface area contributed by atoms with E-state index in [1.165, 1.54) is 6.20 Å². The van der Waals surface area contributed by atoms with Gasteiger partial charge < -0.3 is 15.5 Å². The van der Waals surface area contributed by atoms with E-state index in [1.807, 2.05) is 0 Å². The first kappa shape index (κ1) is 13.9. The summed E-state index contributed by atoms with van der Waals surface area (Å²) >= 11 is 8.99. The number of hydrogen-bond acceptors (Lipinski definition) is 4. The fourth-order valence-electron chi connectivity index (χ4n) is 1.31. The second-order valence-corrected chi connectivity index (χ2v) is 4.67. The molecule has 0 aliphatic rings. The number of aliphatic hydroxyl groups is 2. The Hall–Kier alpha value is -0.200. The van der Waals surface area contributed by atoms with Gasteiger partial charge in [-0.2, -0.15) is 0 Å². The molecule has 0 radical (unpaired) electrons. The molecule has 0 bridgehead atoms. The minimum Gasteiger partial charge on any atom is -0.390 e. The molecule has 4 nitrogen and oxygen atoms in total. The van der Waals surface area contributed by atoms with Gasteiger partial charge in [0.1, 0.15) is 11.3 Å². The average molecular weight is 310 g/mol. The molecule has 1 aromatic heterocycles. The first-order valence-electron chi connectivity index (χ1n) is 4.88. The molecule has 1 heterocycles. The molecule has 0 spiro atoms. The highest BCUT2D eigenvalue weighted by atomic mass is 79.9. The largest absolute Gasteiger partial charge is 0.390 e. The quantitative estimate of drug-likeness (QED) is 0.721. The molecule has 1 aromatic rings. The van der Waals surface area contributed by atoms with Crippen molar-refractivity contribution in [1.82, 2.24) is 10.3 Å². The number of halogens is 2. The van der Waals surface area contributed by atoms with Crippen LogP contribution in [0.4, 0.5) is 0 Å². The molecule has 0 saturated heterocycles. The van der Waals surface area contributed by atoms with Crippen LogP contribution >= 0.6 is 27.5 Å². The molecule has 0 aromatic carbocycles. The third-order valence-electron chi connectivity index (χ3n) is 2.22. The normalized spacial score (nSPS) is 14.8. The van der Waals surface area contributed by atoms with Gasteiger partial charge in [0, 0.05) is 16.2 Å². The standard InChI is InChI=1S/C10H14BrClN2O2/c1-13-3-2-8(15)10(16)6-4-9(12)14-5-7(6)11/h4-5,8,10,13,15-16H,2-3H2,1H3. The number of nitrogens with zero attached hydrogens (tertiary/aromatic N) is 1. The molecule has 0 saturated carbocycles. The third kappa shape index (κ3) is 3.68. The minimum absolute atomic E-state index is 0.290. The van der Waals surface area contributed by atoms with Gasteiger partial charge in [-0.1, -0.05) is 11.6 Å². The first-order valence-corrected chi connectivity index (χ1v) is 6.05. The zero-order chi connectivity index (χ0) is 12.1. The monoisotopic (exact) mass is 308 g/mol. The molecule has 0 aliphatic carbocycles. The summed E-state index contributed by atoms with van der Waals surface area (Å²) in [6.45, 7) is 0.634. The molecule has 0 fully saturated rings. The summed E-state index contributed by atoms with van der Waals surface area (Å²) < 4.78 is 0.632. The van der Waals surface area contributed by atoms with E-state index < -0.39 is 12.2 Å². The summed E-state index contributed by atoms with van der Waals surface area (Å²) in [5.41, 5.74) is 0.545. The van der Waals surface area contributed by atoms with Gasteiger partial charge in [0.05, 0.1) is 6.10 Å². The molecule has 2 atom stereocenters. The summed E-state index contributed by atoms with van der Waals surface area (Å²) in [7, 11) is 1.79. The van der Waals surface area contributed by atoms with E-state index in [2.05, 4.69) is 26.2 Å².